The van der Waals surface area contributed by atoms with Gasteiger partial charge in [0.05, 0.1) is 5.69 Å². The van der Waals surface area contributed by atoms with Gasteiger partial charge in [0.25, 0.3) is 0 Å². The fraction of sp³-hybridized carbons (Fsp3) is 0.583. The van der Waals surface area contributed by atoms with Gasteiger partial charge in [-0.15, -0.1) is 0 Å². The van der Waals surface area contributed by atoms with E-state index in [0.717, 1.165) is 24.1 Å². The number of rotatable bonds is 2. The van der Waals surface area contributed by atoms with Gasteiger partial charge in [-0.2, -0.15) is 0 Å². The van der Waals surface area contributed by atoms with Crippen molar-refractivity contribution in [1.82, 2.24) is 20.2 Å². The zero-order valence-corrected chi connectivity index (χ0v) is 9.89. The minimum Gasteiger partial charge on any atom is -0.341 e. The summed E-state index contributed by atoms with van der Waals surface area (Å²) in [6.45, 7) is 0.659. The molecule has 1 fully saturated rings. The lowest BCUT2D eigenvalue weighted by molar-refractivity contribution is -0.135. The smallest absolute Gasteiger partial charge is 0.244 e. The number of nitrogens with one attached hydrogen (secondary N) is 1. The van der Waals surface area contributed by atoms with Gasteiger partial charge in [-0.25, -0.2) is 9.97 Å². The molecule has 1 saturated carbocycles. The van der Waals surface area contributed by atoms with E-state index in [1.165, 1.54) is 12.7 Å². The molecule has 3 rings (SSSR count). The van der Waals surface area contributed by atoms with E-state index in [2.05, 4.69) is 15.3 Å². The Bertz CT molecular complexity index is 444. The normalized spacial score (nSPS) is 23.0. The van der Waals surface area contributed by atoms with Crippen LogP contribution in [0, 0.1) is 0 Å². The molecule has 17 heavy (non-hydrogen) atoms. The molecular weight excluding hydrogens is 216 g/mol. The van der Waals surface area contributed by atoms with Crippen molar-refractivity contribution in [1.29, 1.82) is 0 Å². The first kappa shape index (κ1) is 10.7. The summed E-state index contributed by atoms with van der Waals surface area (Å²) in [5.74, 6) is 0.142. The highest BCUT2D eigenvalue weighted by molar-refractivity contribution is 5.84. The molecule has 0 aromatic carbocycles. The highest BCUT2D eigenvalue weighted by Crippen LogP contribution is 2.29. The third-order valence-corrected chi connectivity index (χ3v) is 3.83. The van der Waals surface area contributed by atoms with Crippen molar-refractivity contribution in [2.24, 2.45) is 0 Å². The number of nitrogens with zero attached hydrogens (tertiary/aromatic N) is 3. The molecule has 1 aromatic heterocycles. The molecule has 90 valence electrons. The van der Waals surface area contributed by atoms with Crippen LogP contribution in [0.2, 0.25) is 0 Å². The summed E-state index contributed by atoms with van der Waals surface area (Å²) in [7, 11) is 1.90. The third kappa shape index (κ3) is 1.70. The van der Waals surface area contributed by atoms with Gasteiger partial charge in [0.2, 0.25) is 5.91 Å². The summed E-state index contributed by atoms with van der Waals surface area (Å²) in [5.41, 5.74) is 1.88. The number of carbonyl (C=O) groups is 1. The molecule has 0 saturated heterocycles. The SMILES string of the molecule is CN(C(=O)C1NCc2ncncc21)C1CCC1. The zero-order chi connectivity index (χ0) is 11.8. The van der Waals surface area contributed by atoms with Crippen molar-refractivity contribution in [3.63, 3.8) is 0 Å². The van der Waals surface area contributed by atoms with Crippen molar-refractivity contribution in [3.05, 3.63) is 23.8 Å². The minimum absolute atomic E-state index is 0.142. The van der Waals surface area contributed by atoms with E-state index in [-0.39, 0.29) is 11.9 Å². The highest BCUT2D eigenvalue weighted by Gasteiger charge is 2.35. The Morgan fingerprint density at radius 3 is 3.06 bits per heavy atom. The Labute approximate surface area is 100 Å². The molecular formula is C12H16N4O. The summed E-state index contributed by atoms with van der Waals surface area (Å²) < 4.78 is 0. The fourth-order valence-electron chi connectivity index (χ4n) is 2.44. The molecule has 5 nitrogen and oxygen atoms in total. The van der Waals surface area contributed by atoms with Crippen LogP contribution < -0.4 is 5.32 Å². The zero-order valence-electron chi connectivity index (χ0n) is 9.89. The molecule has 1 N–H and O–H groups in total. The molecule has 1 aliphatic carbocycles. The monoisotopic (exact) mass is 232 g/mol. The molecule has 0 bridgehead atoms. The first-order chi connectivity index (χ1) is 8.27. The van der Waals surface area contributed by atoms with Crippen LogP contribution in [-0.2, 0) is 11.3 Å². The predicted molar refractivity (Wildman–Crippen MR) is 62.0 cm³/mol. The molecule has 0 radical (unpaired) electrons. The summed E-state index contributed by atoms with van der Waals surface area (Å²) >= 11 is 0. The lowest BCUT2D eigenvalue weighted by Gasteiger charge is -2.36. The molecule has 2 heterocycles. The second-order valence-corrected chi connectivity index (χ2v) is 4.77. The maximum absolute atomic E-state index is 12.4. The van der Waals surface area contributed by atoms with E-state index >= 15 is 0 Å². The van der Waals surface area contributed by atoms with Crippen LogP contribution in [-0.4, -0.2) is 33.9 Å². The number of likely N-dealkylation sites (N-methyl/N-ethyl adjacent to an activating group) is 1. The average molecular weight is 232 g/mol. The van der Waals surface area contributed by atoms with Gasteiger partial charge in [0.1, 0.15) is 12.4 Å². The van der Waals surface area contributed by atoms with Crippen LogP contribution in [0.25, 0.3) is 0 Å². The maximum atomic E-state index is 12.4. The van der Waals surface area contributed by atoms with Gasteiger partial charge in [0, 0.05) is 31.4 Å². The largest absolute Gasteiger partial charge is 0.341 e. The number of carbonyl (C=O) groups excluding carboxylic acids is 1. The number of hydrogen-bond acceptors (Lipinski definition) is 4. The first-order valence-corrected chi connectivity index (χ1v) is 6.06. The number of hydrogen-bond donors (Lipinski definition) is 1. The van der Waals surface area contributed by atoms with Crippen molar-refractivity contribution in [3.8, 4) is 0 Å². The number of amides is 1. The predicted octanol–water partition coefficient (Wildman–Crippen LogP) is 0.632. The summed E-state index contributed by atoms with van der Waals surface area (Å²) in [6, 6.07) is 0.176. The summed E-state index contributed by atoms with van der Waals surface area (Å²) in [4.78, 5) is 22.4. The van der Waals surface area contributed by atoms with Crippen LogP contribution in [0.15, 0.2) is 12.5 Å². The Morgan fingerprint density at radius 2 is 2.35 bits per heavy atom. The standard InChI is InChI=1S/C12H16N4O/c1-16(8-3-2-4-8)12(17)11-9-5-13-7-15-10(9)6-14-11/h5,7-8,11,14H,2-4,6H2,1H3. The molecule has 1 atom stereocenters. The van der Waals surface area contributed by atoms with Gasteiger partial charge in [-0.05, 0) is 19.3 Å². The van der Waals surface area contributed by atoms with Crippen molar-refractivity contribution < 1.29 is 4.79 Å². The molecule has 0 spiro atoms. The molecule has 2 aliphatic rings. The van der Waals surface area contributed by atoms with E-state index in [1.54, 1.807) is 6.20 Å². The molecule has 1 aliphatic heterocycles. The fourth-order valence-corrected chi connectivity index (χ4v) is 2.44. The topological polar surface area (TPSA) is 58.1 Å². The molecule has 1 amide bonds. The van der Waals surface area contributed by atoms with Crippen LogP contribution in [0.3, 0.4) is 0 Å². The Balaban J connectivity index is 1.79. The Kier molecular flexibility index (Phi) is 2.55. The van der Waals surface area contributed by atoms with Crippen LogP contribution >= 0.6 is 0 Å². The third-order valence-electron chi connectivity index (χ3n) is 3.83. The van der Waals surface area contributed by atoms with Crippen LogP contribution in [0.1, 0.15) is 36.6 Å². The number of fused-ring (bicyclic) bond motifs is 1. The van der Waals surface area contributed by atoms with E-state index < -0.39 is 0 Å². The Hall–Kier alpha value is -1.49. The highest BCUT2D eigenvalue weighted by atomic mass is 16.2. The van der Waals surface area contributed by atoms with E-state index in [1.807, 2.05) is 11.9 Å². The second kappa shape index (κ2) is 4.07. The minimum atomic E-state index is -0.253. The van der Waals surface area contributed by atoms with Crippen LogP contribution in [0.4, 0.5) is 0 Å². The van der Waals surface area contributed by atoms with Gasteiger partial charge >= 0.3 is 0 Å². The van der Waals surface area contributed by atoms with Gasteiger partial charge < -0.3 is 4.90 Å². The second-order valence-electron chi connectivity index (χ2n) is 4.77. The lowest BCUT2D eigenvalue weighted by Crippen LogP contribution is -2.45. The molecule has 1 unspecified atom stereocenters. The van der Waals surface area contributed by atoms with E-state index in [4.69, 9.17) is 0 Å². The molecule has 1 aromatic rings. The van der Waals surface area contributed by atoms with Gasteiger partial charge in [0.15, 0.2) is 0 Å². The number of aromatic nitrogens is 2. The van der Waals surface area contributed by atoms with Gasteiger partial charge in [-0.1, -0.05) is 0 Å². The van der Waals surface area contributed by atoms with Crippen molar-refractivity contribution >= 4 is 5.91 Å². The Morgan fingerprint density at radius 1 is 1.53 bits per heavy atom. The summed E-state index contributed by atoms with van der Waals surface area (Å²) in [6.07, 6.45) is 6.78. The van der Waals surface area contributed by atoms with Crippen molar-refractivity contribution in [2.75, 3.05) is 7.05 Å². The van der Waals surface area contributed by atoms with E-state index in [9.17, 15) is 4.79 Å². The van der Waals surface area contributed by atoms with Gasteiger partial charge in [-0.3, -0.25) is 10.1 Å². The first-order valence-electron chi connectivity index (χ1n) is 6.06. The van der Waals surface area contributed by atoms with Crippen molar-refractivity contribution in [2.45, 2.75) is 37.9 Å². The maximum Gasteiger partial charge on any atom is 0.244 e. The molecule has 5 heteroatoms. The van der Waals surface area contributed by atoms with E-state index in [0.29, 0.717) is 12.6 Å². The van der Waals surface area contributed by atoms with Crippen LogP contribution in [0.5, 0.6) is 0 Å². The quantitative estimate of drug-likeness (QED) is 0.812. The average Bonchev–Trinajstić information content (AvgIpc) is 2.69. The lowest BCUT2D eigenvalue weighted by atomic mass is 9.91. The summed E-state index contributed by atoms with van der Waals surface area (Å²) in [5, 5.41) is 3.21.